The molecule has 1 aromatic rings. The minimum absolute atomic E-state index is 0.0653. The fourth-order valence-corrected chi connectivity index (χ4v) is 3.05. The Morgan fingerprint density at radius 2 is 2.00 bits per heavy atom. The molecule has 0 radical (unpaired) electrons. The second-order valence-electron chi connectivity index (χ2n) is 4.87. The molecule has 0 aliphatic heterocycles. The summed E-state index contributed by atoms with van der Waals surface area (Å²) in [7, 11) is -2.11. The molecule has 0 aliphatic carbocycles. The van der Waals surface area contributed by atoms with Gasteiger partial charge in [0.1, 0.15) is 0 Å². The Kier molecular flexibility index (Phi) is 5.82. The van der Waals surface area contributed by atoms with E-state index in [1.165, 1.54) is 23.5 Å². The van der Waals surface area contributed by atoms with Gasteiger partial charge in [0, 0.05) is 24.3 Å². The molecule has 0 saturated carbocycles. The largest absolute Gasteiger partial charge is 0.398 e. The van der Waals surface area contributed by atoms with Gasteiger partial charge in [-0.05, 0) is 38.5 Å². The van der Waals surface area contributed by atoms with E-state index in [4.69, 9.17) is 22.1 Å². The third-order valence-corrected chi connectivity index (χ3v) is 5.15. The summed E-state index contributed by atoms with van der Waals surface area (Å²) in [5.41, 5.74) is 6.81. The van der Waals surface area contributed by atoms with Crippen LogP contribution in [-0.2, 0) is 14.8 Å². The van der Waals surface area contributed by atoms with Crippen molar-refractivity contribution in [2.75, 3.05) is 25.9 Å². The molecule has 2 N–H and O–H groups in total. The smallest absolute Gasteiger partial charge is 0.243 e. The summed E-state index contributed by atoms with van der Waals surface area (Å²) in [6.45, 7) is 6.15. The maximum absolute atomic E-state index is 12.4. The van der Waals surface area contributed by atoms with Crippen LogP contribution in [0.15, 0.2) is 17.0 Å². The zero-order chi connectivity index (χ0) is 15.5. The number of hydrogen-bond donors (Lipinski definition) is 1. The first-order valence-electron chi connectivity index (χ1n) is 6.29. The van der Waals surface area contributed by atoms with Gasteiger partial charge in [0.15, 0.2) is 0 Å². The SMILES string of the molecule is Cc1c(N)cc(S(=O)(=O)N(C)CCOC(C)C)cc1Cl. The summed E-state index contributed by atoms with van der Waals surface area (Å²) in [6, 6.07) is 2.85. The number of ether oxygens (including phenoxy) is 1. The summed E-state index contributed by atoms with van der Waals surface area (Å²) in [5.74, 6) is 0. The average Bonchev–Trinajstić information content (AvgIpc) is 2.34. The summed E-state index contributed by atoms with van der Waals surface area (Å²) < 4.78 is 31.3. The Balaban J connectivity index is 2.93. The van der Waals surface area contributed by atoms with Gasteiger partial charge in [-0.15, -0.1) is 0 Å². The van der Waals surface area contributed by atoms with Crippen LogP contribution in [0.4, 0.5) is 5.69 Å². The Labute approximate surface area is 125 Å². The quantitative estimate of drug-likeness (QED) is 0.816. The van der Waals surface area contributed by atoms with Crippen LogP contribution in [0.5, 0.6) is 0 Å². The zero-order valence-corrected chi connectivity index (χ0v) is 13.8. The predicted molar refractivity (Wildman–Crippen MR) is 81.5 cm³/mol. The lowest BCUT2D eigenvalue weighted by molar-refractivity contribution is 0.0737. The van der Waals surface area contributed by atoms with Crippen LogP contribution in [0, 0.1) is 6.92 Å². The van der Waals surface area contributed by atoms with E-state index in [0.29, 0.717) is 22.9 Å². The van der Waals surface area contributed by atoms with E-state index < -0.39 is 10.0 Å². The summed E-state index contributed by atoms with van der Waals surface area (Å²) in [6.07, 6.45) is 0.0653. The van der Waals surface area contributed by atoms with Crippen molar-refractivity contribution in [3.8, 4) is 0 Å². The summed E-state index contributed by atoms with van der Waals surface area (Å²) in [5, 5.41) is 0.343. The maximum Gasteiger partial charge on any atom is 0.243 e. The van der Waals surface area contributed by atoms with Crippen molar-refractivity contribution in [1.82, 2.24) is 4.31 Å². The molecule has 0 aliphatic rings. The molecule has 1 rings (SSSR count). The summed E-state index contributed by atoms with van der Waals surface area (Å²) in [4.78, 5) is 0.0950. The van der Waals surface area contributed by atoms with Crippen molar-refractivity contribution in [2.45, 2.75) is 31.8 Å². The highest BCUT2D eigenvalue weighted by molar-refractivity contribution is 7.89. The van der Waals surface area contributed by atoms with Crippen LogP contribution in [-0.4, -0.2) is 39.0 Å². The zero-order valence-electron chi connectivity index (χ0n) is 12.2. The summed E-state index contributed by atoms with van der Waals surface area (Å²) >= 11 is 5.99. The van der Waals surface area contributed by atoms with Gasteiger partial charge in [-0.2, -0.15) is 4.31 Å². The van der Waals surface area contributed by atoms with E-state index in [2.05, 4.69) is 0 Å². The molecule has 5 nitrogen and oxygen atoms in total. The Bertz CT molecular complexity index is 550. The second-order valence-corrected chi connectivity index (χ2v) is 7.32. The van der Waals surface area contributed by atoms with Crippen LogP contribution >= 0.6 is 11.6 Å². The van der Waals surface area contributed by atoms with Gasteiger partial charge in [-0.1, -0.05) is 11.6 Å². The van der Waals surface area contributed by atoms with Gasteiger partial charge in [0.2, 0.25) is 10.0 Å². The molecule has 0 saturated heterocycles. The van der Waals surface area contributed by atoms with Gasteiger partial charge in [-0.3, -0.25) is 0 Å². The monoisotopic (exact) mass is 320 g/mol. The lowest BCUT2D eigenvalue weighted by Gasteiger charge is -2.19. The van der Waals surface area contributed by atoms with Crippen LogP contribution < -0.4 is 5.73 Å². The van der Waals surface area contributed by atoms with Gasteiger partial charge >= 0.3 is 0 Å². The van der Waals surface area contributed by atoms with Crippen LogP contribution in [0.1, 0.15) is 19.4 Å². The Morgan fingerprint density at radius 1 is 1.40 bits per heavy atom. The number of halogens is 1. The number of likely N-dealkylation sites (N-methyl/N-ethyl adjacent to an activating group) is 1. The Morgan fingerprint density at radius 3 is 2.50 bits per heavy atom. The van der Waals surface area contributed by atoms with Crippen molar-refractivity contribution in [2.24, 2.45) is 0 Å². The van der Waals surface area contributed by atoms with Crippen molar-refractivity contribution in [1.29, 1.82) is 0 Å². The molecule has 20 heavy (non-hydrogen) atoms. The van der Waals surface area contributed by atoms with Gasteiger partial charge < -0.3 is 10.5 Å². The van der Waals surface area contributed by atoms with E-state index in [9.17, 15) is 8.42 Å². The fraction of sp³-hybridized carbons (Fsp3) is 0.538. The number of nitrogens with two attached hydrogens (primary N) is 1. The number of rotatable bonds is 6. The highest BCUT2D eigenvalue weighted by Crippen LogP contribution is 2.27. The average molecular weight is 321 g/mol. The number of hydrogen-bond acceptors (Lipinski definition) is 4. The first kappa shape index (κ1) is 17.2. The molecular formula is C13H21ClN2O3S. The third kappa shape index (κ3) is 4.09. The van der Waals surface area contributed by atoms with Crippen molar-refractivity contribution in [3.05, 3.63) is 22.7 Å². The fourth-order valence-electron chi connectivity index (χ4n) is 1.54. The van der Waals surface area contributed by atoms with Crippen molar-refractivity contribution < 1.29 is 13.2 Å². The number of nitrogens with zero attached hydrogens (tertiary/aromatic N) is 1. The van der Waals surface area contributed by atoms with E-state index in [1.807, 2.05) is 13.8 Å². The molecule has 0 amide bonds. The van der Waals surface area contributed by atoms with Crippen LogP contribution in [0.2, 0.25) is 5.02 Å². The molecule has 7 heteroatoms. The predicted octanol–water partition coefficient (Wildman–Crippen LogP) is 2.28. The molecule has 0 spiro atoms. The lowest BCUT2D eigenvalue weighted by atomic mass is 10.2. The molecule has 1 aromatic carbocycles. The molecule has 0 aromatic heterocycles. The molecule has 0 bridgehead atoms. The number of benzene rings is 1. The molecule has 0 atom stereocenters. The van der Waals surface area contributed by atoms with Gasteiger partial charge in [0.05, 0.1) is 17.6 Å². The van der Waals surface area contributed by atoms with E-state index in [0.717, 1.165) is 0 Å². The van der Waals surface area contributed by atoms with Crippen molar-refractivity contribution in [3.63, 3.8) is 0 Å². The van der Waals surface area contributed by atoms with E-state index in [1.54, 1.807) is 6.92 Å². The third-order valence-electron chi connectivity index (χ3n) is 2.92. The normalized spacial score (nSPS) is 12.3. The molecule has 0 fully saturated rings. The number of nitrogen functional groups attached to an aromatic ring is 1. The topological polar surface area (TPSA) is 72.6 Å². The molecule has 0 heterocycles. The first-order chi connectivity index (χ1) is 9.16. The van der Waals surface area contributed by atoms with E-state index in [-0.39, 0.29) is 17.5 Å². The van der Waals surface area contributed by atoms with Gasteiger partial charge in [0.25, 0.3) is 0 Å². The van der Waals surface area contributed by atoms with Crippen LogP contribution in [0.25, 0.3) is 0 Å². The Hall–Kier alpha value is -0.820. The number of sulfonamides is 1. The highest BCUT2D eigenvalue weighted by Gasteiger charge is 2.22. The minimum atomic E-state index is -3.61. The maximum atomic E-state index is 12.4. The van der Waals surface area contributed by atoms with E-state index >= 15 is 0 Å². The minimum Gasteiger partial charge on any atom is -0.398 e. The van der Waals surface area contributed by atoms with Gasteiger partial charge in [-0.25, -0.2) is 8.42 Å². The lowest BCUT2D eigenvalue weighted by Crippen LogP contribution is -2.31. The molecule has 114 valence electrons. The highest BCUT2D eigenvalue weighted by atomic mass is 35.5. The molecular weight excluding hydrogens is 300 g/mol. The van der Waals surface area contributed by atoms with Crippen LogP contribution in [0.3, 0.4) is 0 Å². The second kappa shape index (κ2) is 6.76. The number of anilines is 1. The first-order valence-corrected chi connectivity index (χ1v) is 8.11. The standard InChI is InChI=1S/C13H21ClN2O3S/c1-9(2)19-6-5-16(4)20(17,18)11-7-12(14)10(3)13(15)8-11/h7-9H,5-6,15H2,1-4H3. The molecule has 0 unspecified atom stereocenters. The van der Waals surface area contributed by atoms with Crippen molar-refractivity contribution >= 4 is 27.3 Å².